The number of aryl methyl sites for hydroxylation is 3. The lowest BCUT2D eigenvalue weighted by atomic mass is 9.81. The molecule has 3 N–H and O–H groups in total. The fourth-order valence-corrected chi connectivity index (χ4v) is 11.2. The average molecular weight is 1120 g/mol. The van der Waals surface area contributed by atoms with Crippen molar-refractivity contribution in [2.24, 2.45) is 10.2 Å². The van der Waals surface area contributed by atoms with Crippen LogP contribution in [0.2, 0.25) is 0 Å². The number of anilines is 1. The summed E-state index contributed by atoms with van der Waals surface area (Å²) in [5.74, 6) is 0.505. The molecule has 1 atom stereocenters. The highest BCUT2D eigenvalue weighted by molar-refractivity contribution is 6.03. The number of fused-ring (bicyclic) bond motifs is 2. The van der Waals surface area contributed by atoms with Crippen LogP contribution in [0.1, 0.15) is 146 Å². The van der Waals surface area contributed by atoms with Crippen molar-refractivity contribution >= 4 is 46.2 Å². The Morgan fingerprint density at radius 1 is 0.627 bits per heavy atom. The van der Waals surface area contributed by atoms with Crippen LogP contribution in [0, 0.1) is 6.92 Å². The third-order valence-corrected chi connectivity index (χ3v) is 15.9. The van der Waals surface area contributed by atoms with Crippen molar-refractivity contribution in [2.75, 3.05) is 24.5 Å². The maximum Gasteiger partial charge on any atom is 0.242 e. The van der Waals surface area contributed by atoms with Crippen LogP contribution in [-0.4, -0.2) is 74.1 Å². The zero-order valence-electron chi connectivity index (χ0n) is 49.8. The molecule has 0 aliphatic carbocycles. The van der Waals surface area contributed by atoms with E-state index in [1.54, 1.807) is 6.92 Å². The molecule has 2 aliphatic rings. The van der Waals surface area contributed by atoms with Gasteiger partial charge in [0.25, 0.3) is 0 Å². The SMILES string of the molecule is CCCCc1ccc(N=Nc2ccc(CCCC(=O)NCCCCC(NC(=O)CCCCC[N+]3=C(/C=C/C=C/C=C4/N(CC)c5ccccc5C4(C)C)C(C)(C)c4ccccc43)C(=O)NCc3ccc(-c4nnc(C)nn4)cc3)cc2)cc1. The van der Waals surface area contributed by atoms with Crippen LogP contribution in [0.25, 0.3) is 11.4 Å². The molecule has 3 heterocycles. The van der Waals surface area contributed by atoms with E-state index in [4.69, 9.17) is 0 Å². The Labute approximate surface area is 491 Å². The summed E-state index contributed by atoms with van der Waals surface area (Å²) in [5, 5.41) is 34.2. The quantitative estimate of drug-likeness (QED) is 0.0180. The molecule has 14 heteroatoms. The maximum absolute atomic E-state index is 13.8. The minimum Gasteiger partial charge on any atom is -0.356 e. The van der Waals surface area contributed by atoms with Crippen LogP contribution in [0.5, 0.6) is 0 Å². The standard InChI is InChI=1S/C69H83N11O3/c1-8-10-24-51-37-43-55(44-38-51)75-76-56-45-39-52(40-46-56)25-23-34-64(81)70-47-21-20-28-59(67(83)71-49-53-35-41-54(42-36-53)66-77-73-50(3)74-78-66)72-65(82)33-15-12-22-48-80-61-30-19-17-27-58(61)69(6,7)63(80)32-14-11-13-31-62-68(4,5)57-26-16-18-29-60(57)79(62)9-2/h11,13-14,16-19,26-27,29-32,35-46,59H,8-10,12,15,20-25,28,33-34,47-49H2,1-7H3,(H2-,70,71,72,81,82,83)/p+1. The number of azo groups is 1. The number of likely N-dealkylation sites (N-methyl/N-ethyl adjacent to an activating group) is 1. The Morgan fingerprint density at radius 3 is 1.95 bits per heavy atom. The molecule has 0 bridgehead atoms. The fourth-order valence-electron chi connectivity index (χ4n) is 11.2. The number of rotatable bonds is 29. The molecule has 432 valence electrons. The van der Waals surface area contributed by atoms with Gasteiger partial charge in [-0.2, -0.15) is 14.8 Å². The molecule has 83 heavy (non-hydrogen) atoms. The lowest BCUT2D eigenvalue weighted by molar-refractivity contribution is -0.438. The van der Waals surface area contributed by atoms with Crippen LogP contribution < -0.4 is 20.9 Å². The van der Waals surface area contributed by atoms with Crippen LogP contribution >= 0.6 is 0 Å². The van der Waals surface area contributed by atoms with Gasteiger partial charge in [0.15, 0.2) is 11.5 Å². The molecular weight excluding hydrogens is 1030 g/mol. The first-order valence-corrected chi connectivity index (χ1v) is 30.0. The monoisotopic (exact) mass is 1110 g/mol. The van der Waals surface area contributed by atoms with Crippen molar-refractivity contribution in [1.29, 1.82) is 0 Å². The average Bonchev–Trinajstić information content (AvgIpc) is 3.89. The smallest absolute Gasteiger partial charge is 0.242 e. The van der Waals surface area contributed by atoms with Crippen molar-refractivity contribution in [2.45, 2.75) is 155 Å². The third kappa shape index (κ3) is 16.5. The second kappa shape index (κ2) is 29.6. The number of unbranched alkanes of at least 4 members (excludes halogenated alkanes) is 4. The van der Waals surface area contributed by atoms with Gasteiger partial charge in [-0.3, -0.25) is 14.4 Å². The molecular formula is C69H84N11O3+. The Morgan fingerprint density at radius 2 is 1.27 bits per heavy atom. The van der Waals surface area contributed by atoms with Gasteiger partial charge in [0.1, 0.15) is 12.6 Å². The van der Waals surface area contributed by atoms with E-state index in [9.17, 15) is 14.4 Å². The van der Waals surface area contributed by atoms with E-state index in [1.165, 1.54) is 52.3 Å². The Bertz CT molecular complexity index is 3290. The number of benzene rings is 5. The summed E-state index contributed by atoms with van der Waals surface area (Å²) in [6.45, 7) is 17.8. The Kier molecular flexibility index (Phi) is 21.7. The highest BCUT2D eigenvalue weighted by Gasteiger charge is 2.44. The van der Waals surface area contributed by atoms with Gasteiger partial charge in [-0.15, -0.1) is 20.4 Å². The molecule has 8 rings (SSSR count). The highest BCUT2D eigenvalue weighted by Crippen LogP contribution is 2.47. The van der Waals surface area contributed by atoms with E-state index in [2.05, 4.69) is 189 Å². The summed E-state index contributed by atoms with van der Waals surface area (Å²) in [6, 6.07) is 40.4. The van der Waals surface area contributed by atoms with Gasteiger partial charge in [0.2, 0.25) is 29.2 Å². The normalized spacial score (nSPS) is 15.1. The Hall–Kier alpha value is -8.26. The van der Waals surface area contributed by atoms with Gasteiger partial charge >= 0.3 is 0 Å². The topological polar surface area (TPSA) is 170 Å². The van der Waals surface area contributed by atoms with E-state index in [0.29, 0.717) is 63.1 Å². The van der Waals surface area contributed by atoms with Gasteiger partial charge in [-0.05, 0) is 144 Å². The molecule has 3 amide bonds. The van der Waals surface area contributed by atoms with Gasteiger partial charge in [0, 0.05) is 79.0 Å². The number of carbonyl (C=O) groups excluding carboxylic acids is 3. The van der Waals surface area contributed by atoms with Gasteiger partial charge < -0.3 is 20.9 Å². The van der Waals surface area contributed by atoms with E-state index >= 15 is 0 Å². The van der Waals surface area contributed by atoms with Gasteiger partial charge in [0.05, 0.1) is 16.8 Å². The number of nitrogens with zero attached hydrogens (tertiary/aromatic N) is 8. The fraction of sp³-hybridized carbons (Fsp3) is 0.391. The molecule has 0 saturated heterocycles. The zero-order valence-corrected chi connectivity index (χ0v) is 49.8. The van der Waals surface area contributed by atoms with E-state index in [1.807, 2.05) is 60.7 Å². The summed E-state index contributed by atoms with van der Waals surface area (Å²) < 4.78 is 2.44. The van der Waals surface area contributed by atoms with Crippen molar-refractivity contribution in [3.8, 4) is 11.4 Å². The predicted octanol–water partition coefficient (Wildman–Crippen LogP) is 13.9. The van der Waals surface area contributed by atoms with Gasteiger partial charge in [-0.25, -0.2) is 0 Å². The molecule has 0 spiro atoms. The van der Waals surface area contributed by atoms with Crippen LogP contribution in [0.4, 0.5) is 22.7 Å². The molecule has 1 aromatic heterocycles. The number of carbonyl (C=O) groups is 3. The second-order valence-corrected chi connectivity index (χ2v) is 22.8. The van der Waals surface area contributed by atoms with Crippen LogP contribution in [0.3, 0.4) is 0 Å². The van der Waals surface area contributed by atoms with Crippen LogP contribution in [-0.2, 0) is 44.6 Å². The summed E-state index contributed by atoms with van der Waals surface area (Å²) in [4.78, 5) is 42.7. The van der Waals surface area contributed by atoms with E-state index in [0.717, 1.165) is 66.8 Å². The molecule has 2 aliphatic heterocycles. The minimum absolute atomic E-state index is 0.00506. The molecule has 6 aromatic rings. The van der Waals surface area contributed by atoms with Gasteiger partial charge in [-0.1, -0.05) is 130 Å². The molecule has 0 fully saturated rings. The first-order chi connectivity index (χ1) is 40.2. The number of allylic oxidation sites excluding steroid dienone is 6. The highest BCUT2D eigenvalue weighted by atomic mass is 16.2. The molecule has 0 radical (unpaired) electrons. The molecule has 14 nitrogen and oxygen atoms in total. The molecule has 1 unspecified atom stereocenters. The summed E-state index contributed by atoms with van der Waals surface area (Å²) in [7, 11) is 0. The number of amides is 3. The third-order valence-electron chi connectivity index (χ3n) is 15.9. The van der Waals surface area contributed by atoms with E-state index < -0.39 is 6.04 Å². The van der Waals surface area contributed by atoms with Crippen LogP contribution in [0.15, 0.2) is 168 Å². The van der Waals surface area contributed by atoms with Crippen molar-refractivity contribution in [1.82, 2.24) is 36.3 Å². The first kappa shape index (κ1) is 60.8. The van der Waals surface area contributed by atoms with Crippen molar-refractivity contribution in [3.63, 3.8) is 0 Å². The summed E-state index contributed by atoms with van der Waals surface area (Å²) in [5.41, 5.74) is 13.2. The lowest BCUT2D eigenvalue weighted by Crippen LogP contribution is -2.46. The summed E-state index contributed by atoms with van der Waals surface area (Å²) in [6.07, 6.45) is 20.8. The molecule has 5 aromatic carbocycles. The van der Waals surface area contributed by atoms with Crippen molar-refractivity contribution in [3.05, 3.63) is 191 Å². The largest absolute Gasteiger partial charge is 0.356 e. The predicted molar refractivity (Wildman–Crippen MR) is 334 cm³/mol. The first-order valence-electron chi connectivity index (χ1n) is 30.0. The number of aromatic nitrogens is 4. The number of hydrogen-bond donors (Lipinski definition) is 3. The van der Waals surface area contributed by atoms with E-state index in [-0.39, 0.29) is 35.1 Å². The number of nitrogens with one attached hydrogen (secondary N) is 3. The number of hydrogen-bond acceptors (Lipinski definition) is 10. The second-order valence-electron chi connectivity index (χ2n) is 22.8. The minimum atomic E-state index is -0.727. The zero-order chi connectivity index (χ0) is 58.6. The lowest BCUT2D eigenvalue weighted by Gasteiger charge is -2.25. The van der Waals surface area contributed by atoms with Crippen molar-refractivity contribution < 1.29 is 19.0 Å². The Balaban J connectivity index is 0.808. The maximum atomic E-state index is 13.8. The summed E-state index contributed by atoms with van der Waals surface area (Å²) >= 11 is 0. The molecule has 0 saturated carbocycles. The number of para-hydroxylation sites is 2.